The molecule has 0 aromatic carbocycles. The molecule has 110 heavy (non-hydrogen) atoms. The Morgan fingerprint density at radius 1 is 0.318 bits per heavy atom. The minimum Gasteiger partial charge on any atom is -1.00 e. The first kappa shape index (κ1) is 113. The molecule has 2 unspecified atom stereocenters. The van der Waals surface area contributed by atoms with Gasteiger partial charge in [-0.3, -0.25) is 46.9 Å². The third-order valence-electron chi connectivity index (χ3n) is 19.4. The van der Waals surface area contributed by atoms with Gasteiger partial charge in [-0.2, -0.15) is 0 Å². The van der Waals surface area contributed by atoms with Crippen LogP contribution in [0.25, 0.3) is 0 Å². The van der Waals surface area contributed by atoms with Gasteiger partial charge in [-0.15, -0.1) is 0 Å². The van der Waals surface area contributed by atoms with Crippen molar-refractivity contribution < 1.29 is 151 Å². The summed E-state index contributed by atoms with van der Waals surface area (Å²) in [5.41, 5.74) is 0. The molecule has 27 heteroatoms. The molecule has 23 nitrogen and oxygen atoms in total. The first-order chi connectivity index (χ1) is 52.3. The number of phosphoric ester groups is 2. The van der Waals surface area contributed by atoms with Crippen molar-refractivity contribution in [2.24, 2.45) is 0 Å². The molecule has 0 bridgehead atoms. The number of unbranched alkanes of at least 4 members (excludes halogenated alkanes) is 40. The number of Topliss-reactive ketones (excluding diaryl/α,β-unsaturated/α-hetero) is 2. The van der Waals surface area contributed by atoms with Crippen molar-refractivity contribution in [1.82, 2.24) is 21.3 Å². The van der Waals surface area contributed by atoms with Gasteiger partial charge in [0.15, 0.2) is 0 Å². The normalized spacial score (nSPS) is 13.5. The van der Waals surface area contributed by atoms with Gasteiger partial charge in [0.05, 0.1) is 77.8 Å². The second kappa shape index (κ2) is 82.7. The predicted octanol–water partition coefficient (Wildman–Crippen LogP) is 14.7. The maximum absolute atomic E-state index is 13.3. The molecule has 0 rings (SSSR count). The predicted molar refractivity (Wildman–Crippen MR) is 435 cm³/mol. The van der Waals surface area contributed by atoms with Gasteiger partial charge in [-0.25, -0.2) is 13.9 Å². The number of carbonyl (C=O) groups excluding carboxylic acids is 7. The van der Waals surface area contributed by atoms with Crippen molar-refractivity contribution in [1.29, 1.82) is 0 Å². The number of ether oxygens (including phenoxy) is 4. The SMILES string of the molecule is CCCCCCCCCCCC(=O)CC(=O)N[C@@H](COCC[C@@H](CCCCCCC)OC(=O)CCCCCCCCCCC)COP(=O)(O)OCCNC(=O)NCCOP(=O)(O)OC[C@H](COCC[C@@H](CCCCCCC)OC(=O)CCCCCCCCCCC)NC(=O)CC(=O)CCCCCCCCCCC.[H-].[H-].[Na+].[Na+]. The molecule has 0 saturated heterocycles. The standard InChI is InChI=1S/C83H160N4O19P2.2Na.2H/c1-7-13-19-25-29-33-37-43-47-53-75(88)67-79(90)86-73(69-99-63-59-77(55-49-41-23-17-11-5)105-81(92)57-51-45-39-35-31-27-21-15-9-3)71-103-107(95,96)101-65-61-84-83(94)85-62-66-102-108(97,98)104-72-74(87-80(91)68-76(89)54-48-44-38-34-30-26-20-14-8-2)70-100-64-60-78(56-50-42-24-18-12-6)106-82(93)58-52-46-40-36-32-28-22-16-10-4;;;;/h73-74,77-78H,7-72H2,1-6H3,(H,86,90)(H,87,91)(H,95,96)(H,97,98)(H2,84,85,94);;;;/q;2*+1;2*-1/t73-,74-,77+,78+;;;;/m0..../s1. The van der Waals surface area contributed by atoms with E-state index in [4.69, 9.17) is 37.0 Å². The molecule has 0 aliphatic carbocycles. The van der Waals surface area contributed by atoms with Gasteiger partial charge in [0.25, 0.3) is 0 Å². The zero-order chi connectivity index (χ0) is 79.5. The number of nitrogens with one attached hydrogen (secondary N) is 4. The van der Waals surface area contributed by atoms with Crippen LogP contribution in [0, 0.1) is 0 Å². The van der Waals surface area contributed by atoms with Gasteiger partial charge in [0, 0.05) is 51.6 Å². The number of rotatable bonds is 84. The molecule has 0 saturated carbocycles. The first-order valence-corrected chi connectivity index (χ1v) is 46.7. The molecular formula is C83H162N4Na2O19P2. The minimum atomic E-state index is -4.80. The van der Waals surface area contributed by atoms with Crippen molar-refractivity contribution >= 4 is 57.0 Å². The van der Waals surface area contributed by atoms with Crippen molar-refractivity contribution in [2.75, 3.05) is 65.9 Å². The Bertz CT molecular complexity index is 2150. The van der Waals surface area contributed by atoms with E-state index in [1.807, 2.05) is 0 Å². The number of hydrogen-bond acceptors (Lipinski definition) is 17. The monoisotopic (exact) mass is 1630 g/mol. The Hall–Kier alpha value is -1.37. The molecule has 0 aliphatic heterocycles. The molecule has 0 aromatic rings. The van der Waals surface area contributed by atoms with Gasteiger partial charge < -0.3 is 52.9 Å². The fourth-order valence-corrected chi connectivity index (χ4v) is 14.3. The molecule has 6 atom stereocenters. The van der Waals surface area contributed by atoms with E-state index in [1.54, 1.807) is 0 Å². The van der Waals surface area contributed by atoms with Crippen LogP contribution < -0.4 is 80.4 Å². The molecule has 0 fully saturated rings. The number of ketones is 2. The Balaban J connectivity index is -0.00000954. The Kier molecular flexibility index (Phi) is 84.8. The second-order valence-corrected chi connectivity index (χ2v) is 32.9. The molecule has 0 aromatic heterocycles. The summed E-state index contributed by atoms with van der Waals surface area (Å²) in [4.78, 5) is 113. The number of hydrogen-bond donors (Lipinski definition) is 6. The largest absolute Gasteiger partial charge is 1.00 e. The maximum atomic E-state index is 13.3. The Morgan fingerprint density at radius 3 is 0.855 bits per heavy atom. The summed E-state index contributed by atoms with van der Waals surface area (Å²) >= 11 is 0. The number of esters is 2. The van der Waals surface area contributed by atoms with Gasteiger partial charge in [0.1, 0.15) is 23.8 Å². The third kappa shape index (κ3) is 79.1. The fraction of sp³-hybridized carbons (Fsp3) is 0.916. The number of carbonyl (C=O) groups is 7. The zero-order valence-electron chi connectivity index (χ0n) is 73.2. The molecule has 0 radical (unpaired) electrons. The molecule has 0 aliphatic rings. The van der Waals surface area contributed by atoms with E-state index in [9.17, 15) is 52.5 Å². The topological polar surface area (TPSA) is 316 Å². The average molecular weight is 1630 g/mol. The summed E-state index contributed by atoms with van der Waals surface area (Å²) in [7, 11) is -9.60. The first-order valence-electron chi connectivity index (χ1n) is 43.7. The van der Waals surface area contributed by atoms with Gasteiger partial charge in [0.2, 0.25) is 11.8 Å². The minimum absolute atomic E-state index is 0. The molecule has 4 amide bonds. The molecule has 0 heterocycles. The Labute approximate surface area is 715 Å². The van der Waals surface area contributed by atoms with Crippen LogP contribution in [0.15, 0.2) is 0 Å². The van der Waals surface area contributed by atoms with Crippen molar-refractivity contribution in [3.05, 3.63) is 0 Å². The van der Waals surface area contributed by atoms with Crippen LogP contribution in [0.1, 0.15) is 404 Å². The molecule has 0 spiro atoms. The van der Waals surface area contributed by atoms with Crippen LogP contribution in [-0.4, -0.2) is 141 Å². The van der Waals surface area contributed by atoms with Crippen LogP contribution in [0.4, 0.5) is 4.79 Å². The molecule has 640 valence electrons. The quantitative estimate of drug-likeness (QED) is 0.0108. The molecule has 6 N–H and O–H groups in total. The number of urea groups is 1. The van der Waals surface area contributed by atoms with Gasteiger partial charge >= 0.3 is 92.7 Å². The summed E-state index contributed by atoms with van der Waals surface area (Å²) in [5, 5.41) is 10.3. The van der Waals surface area contributed by atoms with Crippen LogP contribution in [0.2, 0.25) is 0 Å². The fourth-order valence-electron chi connectivity index (χ4n) is 12.8. The second-order valence-electron chi connectivity index (χ2n) is 30.0. The summed E-state index contributed by atoms with van der Waals surface area (Å²) in [6.45, 7) is 10.5. The Morgan fingerprint density at radius 2 is 0.573 bits per heavy atom. The summed E-state index contributed by atoms with van der Waals surface area (Å²) in [6, 6.07) is -2.73. The number of phosphoric acid groups is 2. The van der Waals surface area contributed by atoms with E-state index in [-0.39, 0.29) is 163 Å². The summed E-state index contributed by atoms with van der Waals surface area (Å²) in [5.74, 6) is -2.09. The summed E-state index contributed by atoms with van der Waals surface area (Å²) in [6.07, 6.45) is 52.3. The van der Waals surface area contributed by atoms with Gasteiger partial charge in [-0.1, -0.05) is 298 Å². The van der Waals surface area contributed by atoms with Crippen molar-refractivity contribution in [3.8, 4) is 0 Å². The third-order valence-corrected chi connectivity index (χ3v) is 21.3. The average Bonchev–Trinajstić information content (AvgIpc) is 0.911. The van der Waals surface area contributed by atoms with Crippen LogP contribution in [0.3, 0.4) is 0 Å². The molecular weight excluding hydrogens is 1460 g/mol. The maximum Gasteiger partial charge on any atom is 1.00 e. The van der Waals surface area contributed by atoms with Gasteiger partial charge in [-0.05, 0) is 51.4 Å². The van der Waals surface area contributed by atoms with E-state index < -0.39 is 72.0 Å². The van der Waals surface area contributed by atoms with Crippen molar-refractivity contribution in [3.63, 3.8) is 0 Å². The van der Waals surface area contributed by atoms with E-state index >= 15 is 0 Å². The van der Waals surface area contributed by atoms with E-state index in [0.29, 0.717) is 51.4 Å². The van der Waals surface area contributed by atoms with Crippen LogP contribution >= 0.6 is 15.6 Å². The number of amides is 4. The van der Waals surface area contributed by atoms with E-state index in [0.717, 1.165) is 141 Å². The van der Waals surface area contributed by atoms with E-state index in [2.05, 4.69) is 62.8 Å². The van der Waals surface area contributed by atoms with Crippen LogP contribution in [-0.2, 0) is 74.9 Å². The van der Waals surface area contributed by atoms with Crippen molar-refractivity contribution in [2.45, 2.75) is 425 Å². The summed E-state index contributed by atoms with van der Waals surface area (Å²) < 4.78 is 71.2. The van der Waals surface area contributed by atoms with E-state index in [1.165, 1.54) is 141 Å². The van der Waals surface area contributed by atoms with Crippen LogP contribution in [0.5, 0.6) is 0 Å². The zero-order valence-corrected chi connectivity index (χ0v) is 77.0. The smallest absolute Gasteiger partial charge is 1.00 e.